The molecule has 0 aliphatic carbocycles. The van der Waals surface area contributed by atoms with Gasteiger partial charge in [-0.05, 0) is 64.2 Å². The quantitative estimate of drug-likeness (QED) is 0.0195. The summed E-state index contributed by atoms with van der Waals surface area (Å²) in [6, 6.07) is 0. The van der Waals surface area contributed by atoms with Gasteiger partial charge in [0.05, 0.1) is 40.3 Å². The summed E-state index contributed by atoms with van der Waals surface area (Å²) in [6.45, 7) is 4.71. The molecule has 0 rings (SSSR count). The Morgan fingerprint density at radius 1 is 0.326 bits per heavy atom. The number of allylic oxidation sites excluding steroid dienone is 12. The van der Waals surface area contributed by atoms with E-state index in [4.69, 9.17) is 18.9 Å². The summed E-state index contributed by atoms with van der Waals surface area (Å²) in [5.41, 5.74) is 0. The third-order valence-electron chi connectivity index (χ3n) is 18.5. The number of carboxylic acid groups (broad SMARTS) is 1. The van der Waals surface area contributed by atoms with E-state index in [2.05, 4.69) is 86.8 Å². The van der Waals surface area contributed by atoms with Crippen LogP contribution in [-0.4, -0.2) is 82.3 Å². The van der Waals surface area contributed by atoms with Crippen LogP contribution in [0.1, 0.15) is 399 Å². The summed E-state index contributed by atoms with van der Waals surface area (Å²) >= 11 is 0. The first kappa shape index (κ1) is 91.7. The minimum absolute atomic E-state index is 0.150. The monoisotopic (exact) mass is 1330 g/mol. The van der Waals surface area contributed by atoms with E-state index in [-0.39, 0.29) is 32.2 Å². The summed E-state index contributed by atoms with van der Waals surface area (Å²) in [5.74, 6) is -2.25. The molecule has 0 saturated carbocycles. The molecular formula is C86H157NO8. The van der Waals surface area contributed by atoms with Gasteiger partial charge in [-0.2, -0.15) is 0 Å². The predicted molar refractivity (Wildman–Crippen MR) is 408 cm³/mol. The molecule has 9 heteroatoms. The smallest absolute Gasteiger partial charge is 0.306 e. The molecule has 0 aromatic heterocycles. The van der Waals surface area contributed by atoms with Crippen molar-refractivity contribution in [3.63, 3.8) is 0 Å². The molecule has 0 N–H and O–H groups in total. The van der Waals surface area contributed by atoms with Gasteiger partial charge in [0, 0.05) is 12.8 Å². The number of carboxylic acids is 1. The number of hydrogen-bond acceptors (Lipinski definition) is 8. The standard InChI is InChI=1S/C86H157NO8/c1-6-8-10-12-14-16-18-20-22-24-26-28-30-32-34-36-37-38-39-40-41-42-43-44-45-46-47-49-51-53-55-57-59-61-63-65-67-69-71-73-75-77-84(89)95-82(81-94-86(85(90)91)92-79-78-87(3,4)5)80-93-83(88)76-74-72-70-68-66-64-62-60-58-56-54-52-50-48-35-33-31-29-27-25-23-21-19-17-15-13-11-9-7-2/h8,10,14,16,20,22,26,28,32,34,37-38,82,86H,6-7,9,11-13,15,17-19,21,23-25,27,29-31,33,35-36,39-81H2,1-5H3/b10-8-,16-14-,22-20-,28-26-,34-32-,38-37-. The van der Waals surface area contributed by atoms with Crippen LogP contribution in [-0.2, 0) is 33.3 Å². The molecule has 554 valence electrons. The zero-order valence-electron chi connectivity index (χ0n) is 63.6. The van der Waals surface area contributed by atoms with Gasteiger partial charge in [-0.1, -0.05) is 395 Å². The van der Waals surface area contributed by atoms with E-state index in [9.17, 15) is 19.5 Å². The van der Waals surface area contributed by atoms with Crippen molar-refractivity contribution in [2.45, 2.75) is 411 Å². The van der Waals surface area contributed by atoms with Crippen LogP contribution >= 0.6 is 0 Å². The normalized spacial score (nSPS) is 13.0. The van der Waals surface area contributed by atoms with Gasteiger partial charge < -0.3 is 33.3 Å². The summed E-state index contributed by atoms with van der Waals surface area (Å²) in [5, 5.41) is 11.9. The maximum Gasteiger partial charge on any atom is 0.306 e. The molecule has 0 fully saturated rings. The van der Waals surface area contributed by atoms with Crippen molar-refractivity contribution in [1.82, 2.24) is 0 Å². The number of carbonyl (C=O) groups is 3. The number of carbonyl (C=O) groups excluding carboxylic acids is 3. The molecule has 2 atom stereocenters. The fraction of sp³-hybridized carbons (Fsp3) is 0.826. The van der Waals surface area contributed by atoms with Gasteiger partial charge in [0.1, 0.15) is 13.2 Å². The van der Waals surface area contributed by atoms with Crippen molar-refractivity contribution >= 4 is 17.9 Å². The lowest BCUT2D eigenvalue weighted by Gasteiger charge is -2.26. The molecule has 0 amide bonds. The van der Waals surface area contributed by atoms with Gasteiger partial charge in [0.15, 0.2) is 12.4 Å². The Morgan fingerprint density at radius 3 is 0.895 bits per heavy atom. The number of nitrogens with zero attached hydrogens (tertiary/aromatic N) is 1. The van der Waals surface area contributed by atoms with E-state index in [1.54, 1.807) is 0 Å². The van der Waals surface area contributed by atoms with E-state index >= 15 is 0 Å². The number of aliphatic carboxylic acids is 1. The minimum Gasteiger partial charge on any atom is -0.545 e. The predicted octanol–water partition coefficient (Wildman–Crippen LogP) is 25.0. The summed E-state index contributed by atoms with van der Waals surface area (Å²) in [6.07, 6.45) is 100. The van der Waals surface area contributed by atoms with Crippen LogP contribution in [0.2, 0.25) is 0 Å². The van der Waals surface area contributed by atoms with Gasteiger partial charge in [0.25, 0.3) is 0 Å². The highest BCUT2D eigenvalue weighted by Gasteiger charge is 2.22. The SMILES string of the molecule is CC/C=C\C/C=C\C/C=C\C/C=C\C/C=C\C/C=C\CCCCCCCCCCCCCCCCCCCCCCCCC(=O)OC(COC(=O)CCCCCCCCCCCCCCCCCCCCCCCCCCCCCCC)COC(OCC[N+](C)(C)C)C(=O)[O-]. The number of likely N-dealkylation sites (N-methyl/N-ethyl adjacent to an activating group) is 1. The van der Waals surface area contributed by atoms with E-state index in [1.165, 1.54) is 295 Å². The second kappa shape index (κ2) is 76.5. The number of esters is 2. The summed E-state index contributed by atoms with van der Waals surface area (Å²) < 4.78 is 22.9. The van der Waals surface area contributed by atoms with Crippen molar-refractivity contribution in [2.75, 3.05) is 47.5 Å². The number of rotatable bonds is 77. The third-order valence-corrected chi connectivity index (χ3v) is 18.5. The first-order valence-electron chi connectivity index (χ1n) is 41.1. The lowest BCUT2D eigenvalue weighted by molar-refractivity contribution is -0.870. The number of hydrogen-bond donors (Lipinski definition) is 0. The largest absolute Gasteiger partial charge is 0.545 e. The van der Waals surface area contributed by atoms with Crippen LogP contribution < -0.4 is 5.11 Å². The average Bonchev–Trinajstić information content (AvgIpc) is 3.54. The van der Waals surface area contributed by atoms with E-state index in [1.807, 2.05) is 21.1 Å². The van der Waals surface area contributed by atoms with E-state index < -0.39 is 24.3 Å². The second-order valence-corrected chi connectivity index (χ2v) is 29.0. The molecule has 0 aliphatic rings. The van der Waals surface area contributed by atoms with Crippen molar-refractivity contribution in [2.24, 2.45) is 0 Å². The lowest BCUT2D eigenvalue weighted by atomic mass is 10.0. The maximum absolute atomic E-state index is 13.0. The lowest BCUT2D eigenvalue weighted by Crippen LogP contribution is -2.44. The number of ether oxygens (including phenoxy) is 4. The highest BCUT2D eigenvalue weighted by molar-refractivity contribution is 5.70. The Hall–Kier alpha value is -3.27. The molecule has 95 heavy (non-hydrogen) atoms. The van der Waals surface area contributed by atoms with Crippen LogP contribution in [0.15, 0.2) is 72.9 Å². The van der Waals surface area contributed by atoms with Gasteiger partial charge in [0.2, 0.25) is 0 Å². The highest BCUT2D eigenvalue weighted by Crippen LogP contribution is 2.20. The molecule has 0 radical (unpaired) electrons. The Labute approximate surface area is 589 Å². The molecule has 0 aromatic carbocycles. The molecule has 9 nitrogen and oxygen atoms in total. The molecule has 0 aliphatic heterocycles. The Morgan fingerprint density at radius 2 is 0.600 bits per heavy atom. The first-order chi connectivity index (χ1) is 46.6. The topological polar surface area (TPSA) is 111 Å². The molecular weight excluding hydrogens is 1170 g/mol. The van der Waals surface area contributed by atoms with Gasteiger partial charge in [-0.15, -0.1) is 0 Å². The fourth-order valence-corrected chi connectivity index (χ4v) is 12.3. The van der Waals surface area contributed by atoms with Crippen molar-refractivity contribution in [1.29, 1.82) is 0 Å². The molecule has 0 aromatic rings. The summed E-state index contributed by atoms with van der Waals surface area (Å²) in [4.78, 5) is 37.6. The van der Waals surface area contributed by atoms with Gasteiger partial charge in [-0.3, -0.25) is 9.59 Å². The number of unbranched alkanes of at least 4 members (excludes halogenated alkanes) is 50. The fourth-order valence-electron chi connectivity index (χ4n) is 12.3. The zero-order valence-corrected chi connectivity index (χ0v) is 63.6. The minimum atomic E-state index is -1.62. The van der Waals surface area contributed by atoms with Crippen molar-refractivity contribution < 1.29 is 42.9 Å². The van der Waals surface area contributed by atoms with Crippen LogP contribution in [0.4, 0.5) is 0 Å². The van der Waals surface area contributed by atoms with E-state index in [0.717, 1.165) is 77.0 Å². The van der Waals surface area contributed by atoms with Crippen LogP contribution in [0, 0.1) is 0 Å². The van der Waals surface area contributed by atoms with Crippen molar-refractivity contribution in [3.05, 3.63) is 72.9 Å². The number of quaternary nitrogens is 1. The second-order valence-electron chi connectivity index (χ2n) is 29.0. The van der Waals surface area contributed by atoms with Crippen LogP contribution in [0.25, 0.3) is 0 Å². The molecule has 0 heterocycles. The Kier molecular flexibility index (Phi) is 73.9. The summed E-state index contributed by atoms with van der Waals surface area (Å²) in [7, 11) is 5.95. The Bertz CT molecular complexity index is 1790. The van der Waals surface area contributed by atoms with Gasteiger partial charge in [-0.25, -0.2) is 0 Å². The Balaban J connectivity index is 3.95. The first-order valence-corrected chi connectivity index (χ1v) is 41.1. The maximum atomic E-state index is 13.0. The molecule has 0 saturated heterocycles. The van der Waals surface area contributed by atoms with E-state index in [0.29, 0.717) is 17.4 Å². The molecule has 2 unspecified atom stereocenters. The average molecular weight is 1330 g/mol. The zero-order chi connectivity index (χ0) is 69.0. The highest BCUT2D eigenvalue weighted by atomic mass is 16.7. The van der Waals surface area contributed by atoms with Gasteiger partial charge >= 0.3 is 11.9 Å². The third kappa shape index (κ3) is 77.9. The molecule has 0 spiro atoms. The van der Waals surface area contributed by atoms with Crippen molar-refractivity contribution in [3.8, 4) is 0 Å². The molecule has 0 bridgehead atoms. The van der Waals surface area contributed by atoms with Crippen LogP contribution in [0.5, 0.6) is 0 Å². The van der Waals surface area contributed by atoms with Crippen LogP contribution in [0.3, 0.4) is 0 Å².